The lowest BCUT2D eigenvalue weighted by atomic mass is 10.2. The average Bonchev–Trinajstić information content (AvgIpc) is 2.48. The molecule has 2 aromatic rings. The third-order valence-corrected chi connectivity index (χ3v) is 3.50. The summed E-state index contributed by atoms with van der Waals surface area (Å²) in [7, 11) is 0. The molecule has 1 N–H and O–H groups in total. The Morgan fingerprint density at radius 3 is 2.81 bits per heavy atom. The number of aliphatic carboxylic acids is 1. The van der Waals surface area contributed by atoms with Gasteiger partial charge in [0, 0.05) is 6.04 Å². The van der Waals surface area contributed by atoms with Crippen LogP contribution in [0.15, 0.2) is 29.1 Å². The molecule has 7 heteroatoms. The summed E-state index contributed by atoms with van der Waals surface area (Å²) in [6.45, 7) is 3.85. The molecule has 2 rings (SSSR count). The van der Waals surface area contributed by atoms with Crippen molar-refractivity contribution in [1.29, 1.82) is 0 Å². The zero-order valence-corrected chi connectivity index (χ0v) is 12.1. The quantitative estimate of drug-likeness (QED) is 0.851. The first-order valence-corrected chi connectivity index (χ1v) is 6.81. The second-order valence-corrected chi connectivity index (χ2v) is 4.95. The number of carboxylic acid groups (broad SMARTS) is 1. The van der Waals surface area contributed by atoms with Gasteiger partial charge in [-0.3, -0.25) is 14.5 Å². The van der Waals surface area contributed by atoms with E-state index in [1.807, 2.05) is 13.8 Å². The van der Waals surface area contributed by atoms with Crippen molar-refractivity contribution in [3.63, 3.8) is 0 Å². The molecule has 0 amide bonds. The lowest BCUT2D eigenvalue weighted by Crippen LogP contribution is -2.42. The van der Waals surface area contributed by atoms with Gasteiger partial charge in [0.05, 0.1) is 18.6 Å². The maximum Gasteiger partial charge on any atom is 0.317 e. The van der Waals surface area contributed by atoms with Crippen LogP contribution in [0.2, 0.25) is 0 Å². The summed E-state index contributed by atoms with van der Waals surface area (Å²) in [5.74, 6) is -0.933. The van der Waals surface area contributed by atoms with E-state index in [0.29, 0.717) is 10.9 Å². The van der Waals surface area contributed by atoms with Crippen molar-refractivity contribution in [1.82, 2.24) is 19.9 Å². The normalized spacial score (nSPS) is 12.7. The Morgan fingerprint density at radius 1 is 1.43 bits per heavy atom. The van der Waals surface area contributed by atoms with E-state index >= 15 is 0 Å². The molecule has 7 nitrogen and oxygen atoms in total. The van der Waals surface area contributed by atoms with Crippen LogP contribution >= 0.6 is 0 Å². The minimum absolute atomic E-state index is 0.0290. The van der Waals surface area contributed by atoms with Gasteiger partial charge < -0.3 is 5.11 Å². The number of carbonyl (C=O) groups is 1. The van der Waals surface area contributed by atoms with Crippen molar-refractivity contribution in [3.8, 4) is 0 Å². The highest BCUT2D eigenvalue weighted by Crippen LogP contribution is 2.06. The van der Waals surface area contributed by atoms with Crippen LogP contribution in [0.5, 0.6) is 0 Å². The maximum atomic E-state index is 12.3. The van der Waals surface area contributed by atoms with E-state index in [9.17, 15) is 9.59 Å². The Kier molecular flexibility index (Phi) is 4.64. The zero-order valence-electron chi connectivity index (χ0n) is 12.1. The monoisotopic (exact) mass is 290 g/mol. The predicted molar refractivity (Wildman–Crippen MR) is 77.9 cm³/mol. The van der Waals surface area contributed by atoms with Gasteiger partial charge in [-0.15, -0.1) is 5.10 Å². The summed E-state index contributed by atoms with van der Waals surface area (Å²) in [6, 6.07) is 6.99. The molecule has 0 radical (unpaired) electrons. The van der Waals surface area contributed by atoms with Crippen LogP contribution < -0.4 is 5.56 Å². The molecule has 0 saturated heterocycles. The van der Waals surface area contributed by atoms with E-state index in [4.69, 9.17) is 5.11 Å². The summed E-state index contributed by atoms with van der Waals surface area (Å²) in [4.78, 5) is 25.0. The van der Waals surface area contributed by atoms with Gasteiger partial charge >= 0.3 is 5.97 Å². The molecule has 0 bridgehead atoms. The van der Waals surface area contributed by atoms with E-state index in [1.165, 1.54) is 4.68 Å². The third kappa shape index (κ3) is 3.43. The Bertz CT molecular complexity index is 698. The molecular formula is C14H18N4O3. The van der Waals surface area contributed by atoms with E-state index in [0.717, 1.165) is 6.42 Å². The molecule has 1 unspecified atom stereocenters. The number of hydrogen-bond acceptors (Lipinski definition) is 5. The highest BCUT2D eigenvalue weighted by atomic mass is 16.4. The maximum absolute atomic E-state index is 12.3. The van der Waals surface area contributed by atoms with Gasteiger partial charge in [0.1, 0.15) is 5.52 Å². The lowest BCUT2D eigenvalue weighted by molar-refractivity contribution is -0.139. The Balaban J connectivity index is 2.34. The number of carboxylic acids is 1. The van der Waals surface area contributed by atoms with Crippen molar-refractivity contribution in [3.05, 3.63) is 34.6 Å². The Labute approximate surface area is 121 Å². The van der Waals surface area contributed by atoms with Gasteiger partial charge in [0.2, 0.25) is 0 Å². The number of hydrogen-bond donors (Lipinski definition) is 1. The van der Waals surface area contributed by atoms with Crippen LogP contribution in [-0.4, -0.2) is 43.6 Å². The molecule has 21 heavy (non-hydrogen) atoms. The van der Waals surface area contributed by atoms with Crippen molar-refractivity contribution in [2.45, 2.75) is 33.0 Å². The van der Waals surface area contributed by atoms with Gasteiger partial charge in [0.15, 0.2) is 0 Å². The second-order valence-electron chi connectivity index (χ2n) is 4.95. The van der Waals surface area contributed by atoms with Gasteiger partial charge in [-0.2, -0.15) is 4.68 Å². The molecule has 0 aliphatic rings. The summed E-state index contributed by atoms with van der Waals surface area (Å²) >= 11 is 0. The molecule has 0 spiro atoms. The van der Waals surface area contributed by atoms with Crippen molar-refractivity contribution >= 4 is 16.9 Å². The van der Waals surface area contributed by atoms with Crippen LogP contribution in [0, 0.1) is 0 Å². The van der Waals surface area contributed by atoms with E-state index in [1.54, 1.807) is 29.2 Å². The average molecular weight is 290 g/mol. The summed E-state index contributed by atoms with van der Waals surface area (Å²) in [5, 5.41) is 17.3. The van der Waals surface area contributed by atoms with Crippen LogP contribution in [-0.2, 0) is 11.5 Å². The standard InChI is InChI=1S/C14H18N4O3/c1-3-10(2)17(8-13(19)20)9-18-14(21)11-6-4-5-7-12(11)15-16-18/h4-7,10H,3,8-9H2,1-2H3,(H,19,20). The molecule has 1 heterocycles. The Hall–Kier alpha value is -2.28. The molecular weight excluding hydrogens is 272 g/mol. The van der Waals surface area contributed by atoms with Crippen LogP contribution in [0.3, 0.4) is 0 Å². The van der Waals surface area contributed by atoms with Gasteiger partial charge in [-0.1, -0.05) is 24.3 Å². The van der Waals surface area contributed by atoms with Crippen molar-refractivity contribution < 1.29 is 9.90 Å². The molecule has 112 valence electrons. The summed E-state index contributed by atoms with van der Waals surface area (Å²) in [6.07, 6.45) is 0.781. The number of benzene rings is 1. The van der Waals surface area contributed by atoms with Gasteiger partial charge in [0.25, 0.3) is 5.56 Å². The number of rotatable bonds is 6. The predicted octanol–water partition coefficient (Wildman–Crippen LogP) is 0.934. The fourth-order valence-corrected chi connectivity index (χ4v) is 2.07. The van der Waals surface area contributed by atoms with Gasteiger partial charge in [-0.25, -0.2) is 0 Å². The van der Waals surface area contributed by atoms with Crippen LogP contribution in [0.4, 0.5) is 0 Å². The Morgan fingerprint density at radius 2 is 2.14 bits per heavy atom. The fourth-order valence-electron chi connectivity index (χ4n) is 2.07. The number of nitrogens with zero attached hydrogens (tertiary/aromatic N) is 4. The van der Waals surface area contributed by atoms with E-state index in [2.05, 4.69) is 10.3 Å². The van der Waals surface area contributed by atoms with E-state index in [-0.39, 0.29) is 24.8 Å². The first-order chi connectivity index (χ1) is 10.0. The molecule has 1 aromatic heterocycles. The van der Waals surface area contributed by atoms with Crippen molar-refractivity contribution in [2.24, 2.45) is 0 Å². The largest absolute Gasteiger partial charge is 0.480 e. The second kappa shape index (κ2) is 6.45. The fraction of sp³-hybridized carbons (Fsp3) is 0.429. The van der Waals surface area contributed by atoms with E-state index < -0.39 is 5.97 Å². The highest BCUT2D eigenvalue weighted by molar-refractivity contribution is 5.76. The zero-order chi connectivity index (χ0) is 15.4. The minimum atomic E-state index is -0.933. The molecule has 0 fully saturated rings. The lowest BCUT2D eigenvalue weighted by Gasteiger charge is -2.26. The van der Waals surface area contributed by atoms with Crippen LogP contribution in [0.1, 0.15) is 20.3 Å². The molecule has 0 aliphatic carbocycles. The molecule has 1 atom stereocenters. The first kappa shape index (κ1) is 15.1. The SMILES string of the molecule is CCC(C)N(CC(=O)O)Cn1nnc2ccccc2c1=O. The number of fused-ring (bicyclic) bond motifs is 1. The minimum Gasteiger partial charge on any atom is -0.480 e. The smallest absolute Gasteiger partial charge is 0.317 e. The highest BCUT2D eigenvalue weighted by Gasteiger charge is 2.17. The van der Waals surface area contributed by atoms with Crippen molar-refractivity contribution in [2.75, 3.05) is 6.54 Å². The van der Waals surface area contributed by atoms with Crippen LogP contribution in [0.25, 0.3) is 10.9 Å². The third-order valence-electron chi connectivity index (χ3n) is 3.50. The first-order valence-electron chi connectivity index (χ1n) is 6.81. The number of aromatic nitrogens is 3. The molecule has 0 saturated carbocycles. The molecule has 0 aliphatic heterocycles. The summed E-state index contributed by atoms with van der Waals surface area (Å²) in [5.41, 5.74) is 0.270. The van der Waals surface area contributed by atoms with Gasteiger partial charge in [-0.05, 0) is 25.5 Å². The molecule has 1 aromatic carbocycles. The summed E-state index contributed by atoms with van der Waals surface area (Å²) < 4.78 is 1.21. The topological polar surface area (TPSA) is 88.3 Å².